The Morgan fingerprint density at radius 1 is 0.809 bits per heavy atom. The van der Waals surface area contributed by atoms with Gasteiger partial charge in [-0.3, -0.25) is 19.0 Å². The van der Waals surface area contributed by atoms with Crippen molar-refractivity contribution in [1.82, 2.24) is 4.90 Å². The summed E-state index contributed by atoms with van der Waals surface area (Å²) in [6, 6.07) is 9.11. The van der Waals surface area contributed by atoms with Crippen molar-refractivity contribution in [3.63, 3.8) is 0 Å². The predicted octanol–water partition coefficient (Wildman–Crippen LogP) is 7.67. The van der Waals surface area contributed by atoms with Gasteiger partial charge in [0.2, 0.25) is 5.91 Å². The van der Waals surface area contributed by atoms with E-state index >= 15 is 0 Å². The van der Waals surface area contributed by atoms with Crippen LogP contribution >= 0.6 is 45.9 Å². The van der Waals surface area contributed by atoms with E-state index in [0.717, 1.165) is 11.3 Å². The molecule has 47 heavy (non-hydrogen) atoms. The van der Waals surface area contributed by atoms with Crippen molar-refractivity contribution < 1.29 is 31.2 Å². The predicted molar refractivity (Wildman–Crippen MR) is 188 cm³/mol. The lowest BCUT2D eigenvalue weighted by atomic mass is 9.94. The maximum Gasteiger partial charge on any atom is 0.311 e. The fourth-order valence-corrected chi connectivity index (χ4v) is 9.66. The summed E-state index contributed by atoms with van der Waals surface area (Å²) in [5.74, 6) is -1.85. The Bertz CT molecular complexity index is 1990. The molecule has 0 radical (unpaired) electrons. The largest absolute Gasteiger partial charge is 0.423 e. The van der Waals surface area contributed by atoms with Crippen LogP contribution in [0.25, 0.3) is 0 Å². The number of nitrogens with one attached hydrogen (secondary N) is 2. The number of amides is 1. The lowest BCUT2D eigenvalue weighted by molar-refractivity contribution is -0.135. The topological polar surface area (TPSA) is 139 Å². The third-order valence-electron chi connectivity index (χ3n) is 7.43. The van der Waals surface area contributed by atoms with Gasteiger partial charge in [0.1, 0.15) is 5.69 Å². The number of rotatable bonds is 14. The number of halogens is 2. The van der Waals surface area contributed by atoms with E-state index in [0.29, 0.717) is 39.8 Å². The molecule has 1 amide bonds. The molecule has 4 aromatic rings. The van der Waals surface area contributed by atoms with Crippen LogP contribution in [0.5, 0.6) is 5.75 Å². The summed E-state index contributed by atoms with van der Waals surface area (Å²) in [6.07, 6.45) is -0.217. The summed E-state index contributed by atoms with van der Waals surface area (Å²) in [5, 5.41) is 6.86. The molecule has 0 saturated heterocycles. The first-order valence-electron chi connectivity index (χ1n) is 14.4. The normalized spacial score (nSPS) is 12.4. The zero-order chi connectivity index (χ0) is 34.5. The van der Waals surface area contributed by atoms with E-state index in [1.54, 1.807) is 47.7 Å². The second-order valence-corrected chi connectivity index (χ2v) is 16.0. The zero-order valence-corrected chi connectivity index (χ0v) is 30.7. The van der Waals surface area contributed by atoms with Crippen LogP contribution in [-0.2, 0) is 29.6 Å². The minimum absolute atomic E-state index is 0.00271. The number of ether oxygens (including phenoxy) is 1. The van der Waals surface area contributed by atoms with E-state index in [1.807, 2.05) is 13.8 Å². The van der Waals surface area contributed by atoms with Crippen LogP contribution < -0.4 is 14.2 Å². The molecule has 0 aliphatic carbocycles. The molecule has 0 fully saturated rings. The molecule has 0 aliphatic rings. The van der Waals surface area contributed by atoms with Crippen LogP contribution in [-0.4, -0.2) is 46.7 Å². The Morgan fingerprint density at radius 3 is 1.87 bits per heavy atom. The van der Waals surface area contributed by atoms with Gasteiger partial charge in [0.25, 0.3) is 20.0 Å². The molecule has 0 bridgehead atoms. The highest BCUT2D eigenvalue weighted by Crippen LogP contribution is 2.37. The van der Waals surface area contributed by atoms with Gasteiger partial charge in [-0.25, -0.2) is 16.8 Å². The van der Waals surface area contributed by atoms with Gasteiger partial charge in [0, 0.05) is 45.7 Å². The van der Waals surface area contributed by atoms with Crippen LogP contribution in [0.4, 0.5) is 11.4 Å². The SMILES string of the molecule is CCN(CC)C(=O)C(CCC(=O)Oc1cscc1NS(=O)(=O)c1cccc(Cl)c1C)c1cscc1NS(=O)(=O)c1cccc(Cl)c1C. The van der Waals surface area contributed by atoms with Gasteiger partial charge >= 0.3 is 5.97 Å². The lowest BCUT2D eigenvalue weighted by Gasteiger charge is -2.26. The van der Waals surface area contributed by atoms with E-state index in [9.17, 15) is 26.4 Å². The van der Waals surface area contributed by atoms with Crippen LogP contribution in [0.3, 0.4) is 0 Å². The Balaban J connectivity index is 1.54. The molecule has 1 unspecified atom stereocenters. The summed E-state index contributed by atoms with van der Waals surface area (Å²) in [6.45, 7) is 7.67. The third kappa shape index (κ3) is 8.48. The highest BCUT2D eigenvalue weighted by atomic mass is 35.5. The number of carbonyl (C=O) groups is 2. The Kier molecular flexibility index (Phi) is 12.0. The molecular weight excluding hydrogens is 726 g/mol. The molecule has 2 aromatic heterocycles. The Labute approximate surface area is 292 Å². The molecule has 2 heterocycles. The molecule has 2 aromatic carbocycles. The number of nitrogens with zero attached hydrogens (tertiary/aromatic N) is 1. The first-order valence-corrected chi connectivity index (χ1v) is 20.0. The highest BCUT2D eigenvalue weighted by molar-refractivity contribution is 7.93. The molecule has 1 atom stereocenters. The standard InChI is InChI=1S/C31H33Cl2N3O7S4/c1-5-36(6-2)31(38)21(22-15-44-16-25(22)34-46(39,40)28-11-7-9-23(32)19(28)3)13-14-30(37)43-27-18-45-17-26(27)35-47(41,42)29-12-8-10-24(33)20(29)4/h7-12,15-18,21,34-35H,5-6,13-14H2,1-4H3. The number of anilines is 2. The Morgan fingerprint density at radius 2 is 1.32 bits per heavy atom. The fourth-order valence-electron chi connectivity index (χ4n) is 4.86. The van der Waals surface area contributed by atoms with Crippen LogP contribution in [0.15, 0.2) is 67.7 Å². The number of benzene rings is 2. The van der Waals surface area contributed by atoms with E-state index in [4.69, 9.17) is 27.9 Å². The summed E-state index contributed by atoms with van der Waals surface area (Å²) in [5.41, 5.74) is 1.47. The molecule has 4 rings (SSSR count). The molecule has 0 spiro atoms. The highest BCUT2D eigenvalue weighted by Gasteiger charge is 2.30. The van der Waals surface area contributed by atoms with Gasteiger partial charge in [-0.15, -0.1) is 22.7 Å². The molecule has 2 N–H and O–H groups in total. The zero-order valence-electron chi connectivity index (χ0n) is 25.9. The van der Waals surface area contributed by atoms with Crippen molar-refractivity contribution in [2.45, 2.75) is 56.2 Å². The number of thiophene rings is 2. The quantitative estimate of drug-likeness (QED) is 0.126. The number of esters is 1. The van der Waals surface area contributed by atoms with Crippen LogP contribution in [0.2, 0.25) is 10.0 Å². The molecule has 252 valence electrons. The van der Waals surface area contributed by atoms with Gasteiger partial charge in [-0.2, -0.15) is 0 Å². The van der Waals surface area contributed by atoms with E-state index in [1.165, 1.54) is 40.3 Å². The Hall–Kier alpha value is -3.14. The molecule has 0 aliphatic heterocycles. The number of hydrogen-bond donors (Lipinski definition) is 2. The number of sulfonamides is 2. The van der Waals surface area contributed by atoms with Crippen molar-refractivity contribution in [3.8, 4) is 5.75 Å². The maximum atomic E-state index is 13.7. The lowest BCUT2D eigenvalue weighted by Crippen LogP contribution is -2.35. The van der Waals surface area contributed by atoms with Crippen molar-refractivity contribution in [3.05, 3.63) is 84.7 Å². The van der Waals surface area contributed by atoms with Crippen molar-refractivity contribution >= 4 is 89.2 Å². The second kappa shape index (κ2) is 15.4. The van der Waals surface area contributed by atoms with Crippen molar-refractivity contribution in [1.29, 1.82) is 0 Å². The van der Waals surface area contributed by atoms with Gasteiger partial charge in [0.05, 0.1) is 21.4 Å². The summed E-state index contributed by atoms with van der Waals surface area (Å²) >= 11 is 14.6. The molecular formula is C31H33Cl2N3O7S4. The average Bonchev–Trinajstić information content (AvgIpc) is 3.64. The number of carbonyl (C=O) groups excluding carboxylic acids is 2. The van der Waals surface area contributed by atoms with Gasteiger partial charge in [0.15, 0.2) is 5.75 Å². The average molecular weight is 759 g/mol. The van der Waals surface area contributed by atoms with Gasteiger partial charge in [-0.05, 0) is 80.5 Å². The van der Waals surface area contributed by atoms with E-state index < -0.39 is 31.9 Å². The van der Waals surface area contributed by atoms with E-state index in [-0.39, 0.29) is 45.7 Å². The summed E-state index contributed by atoms with van der Waals surface area (Å²) < 4.78 is 63.6. The smallest absolute Gasteiger partial charge is 0.311 e. The summed E-state index contributed by atoms with van der Waals surface area (Å²) in [4.78, 5) is 28.4. The number of hydrogen-bond acceptors (Lipinski definition) is 9. The van der Waals surface area contributed by atoms with Crippen molar-refractivity contribution in [2.75, 3.05) is 22.5 Å². The minimum atomic E-state index is -4.07. The molecule has 16 heteroatoms. The third-order valence-corrected chi connectivity index (χ3v) is 12.8. The molecule has 10 nitrogen and oxygen atoms in total. The fraction of sp³-hybridized carbons (Fsp3) is 0.290. The summed E-state index contributed by atoms with van der Waals surface area (Å²) in [7, 11) is -8.12. The second-order valence-electron chi connectivity index (χ2n) is 10.4. The van der Waals surface area contributed by atoms with Gasteiger partial charge in [-0.1, -0.05) is 35.3 Å². The first-order chi connectivity index (χ1) is 22.2. The van der Waals surface area contributed by atoms with Crippen LogP contribution in [0.1, 0.15) is 49.3 Å². The number of likely N-dealkylation sites (N-methyl/N-ethyl adjacent to an activating group) is 1. The molecule has 0 saturated carbocycles. The van der Waals surface area contributed by atoms with Crippen LogP contribution in [0, 0.1) is 13.8 Å². The first kappa shape index (κ1) is 36.7. The van der Waals surface area contributed by atoms with Gasteiger partial charge < -0.3 is 9.64 Å². The monoisotopic (exact) mass is 757 g/mol. The maximum absolute atomic E-state index is 13.7. The van der Waals surface area contributed by atoms with E-state index in [2.05, 4.69) is 9.44 Å². The minimum Gasteiger partial charge on any atom is -0.423 e. The van der Waals surface area contributed by atoms with Crippen molar-refractivity contribution in [2.24, 2.45) is 0 Å².